The van der Waals surface area contributed by atoms with E-state index >= 15 is 0 Å². The third-order valence-corrected chi connectivity index (χ3v) is 3.37. The SMILES string of the molecule is CCC(CC)(CC)NC(=O)C1CC1. The first-order chi connectivity index (χ1) is 6.17. The van der Waals surface area contributed by atoms with Crippen LogP contribution >= 0.6 is 0 Å². The molecule has 0 spiro atoms. The molecule has 0 bridgehead atoms. The van der Waals surface area contributed by atoms with E-state index < -0.39 is 0 Å². The van der Waals surface area contributed by atoms with Gasteiger partial charge in [0.05, 0.1) is 0 Å². The van der Waals surface area contributed by atoms with Crippen LogP contribution in [0.25, 0.3) is 0 Å². The highest BCUT2D eigenvalue weighted by molar-refractivity contribution is 5.81. The Morgan fingerprint density at radius 1 is 1.23 bits per heavy atom. The first-order valence-electron chi connectivity index (χ1n) is 5.49. The maximum Gasteiger partial charge on any atom is 0.223 e. The van der Waals surface area contributed by atoms with E-state index in [0.29, 0.717) is 5.92 Å². The second kappa shape index (κ2) is 4.12. The van der Waals surface area contributed by atoms with Crippen LogP contribution in [0.1, 0.15) is 52.9 Å². The summed E-state index contributed by atoms with van der Waals surface area (Å²) in [5, 5.41) is 3.20. The fourth-order valence-corrected chi connectivity index (χ4v) is 1.72. The highest BCUT2D eigenvalue weighted by Gasteiger charge is 2.34. The molecule has 76 valence electrons. The third kappa shape index (κ3) is 2.45. The van der Waals surface area contributed by atoms with Gasteiger partial charge in [-0.1, -0.05) is 20.8 Å². The first-order valence-corrected chi connectivity index (χ1v) is 5.49. The summed E-state index contributed by atoms with van der Waals surface area (Å²) < 4.78 is 0. The minimum atomic E-state index is 0.0691. The molecular weight excluding hydrogens is 162 g/mol. The fourth-order valence-electron chi connectivity index (χ4n) is 1.72. The van der Waals surface area contributed by atoms with Crippen molar-refractivity contribution < 1.29 is 4.79 Å². The van der Waals surface area contributed by atoms with Crippen LogP contribution in [0.4, 0.5) is 0 Å². The minimum absolute atomic E-state index is 0.0691. The average Bonchev–Trinajstić information content (AvgIpc) is 2.97. The van der Waals surface area contributed by atoms with E-state index in [1.165, 1.54) is 0 Å². The topological polar surface area (TPSA) is 29.1 Å². The number of amides is 1. The standard InChI is InChI=1S/C11H21NO/c1-4-11(5-2,6-3)12-10(13)9-7-8-9/h9H,4-8H2,1-3H3,(H,12,13). The Labute approximate surface area is 81.1 Å². The molecule has 0 aromatic rings. The summed E-state index contributed by atoms with van der Waals surface area (Å²) in [5.74, 6) is 0.620. The number of hydrogen-bond donors (Lipinski definition) is 1. The lowest BCUT2D eigenvalue weighted by molar-refractivity contribution is -0.124. The van der Waals surface area contributed by atoms with Crippen molar-refractivity contribution in [2.24, 2.45) is 5.92 Å². The van der Waals surface area contributed by atoms with Gasteiger partial charge in [-0.25, -0.2) is 0 Å². The van der Waals surface area contributed by atoms with Gasteiger partial charge in [0.1, 0.15) is 0 Å². The molecule has 1 aliphatic carbocycles. The van der Waals surface area contributed by atoms with E-state index in [1.807, 2.05) is 0 Å². The summed E-state index contributed by atoms with van der Waals surface area (Å²) in [6, 6.07) is 0. The van der Waals surface area contributed by atoms with Crippen LogP contribution in [0.15, 0.2) is 0 Å². The first kappa shape index (κ1) is 10.6. The summed E-state index contributed by atoms with van der Waals surface area (Å²) in [4.78, 5) is 11.6. The predicted octanol–water partition coefficient (Wildman–Crippen LogP) is 2.48. The van der Waals surface area contributed by atoms with Gasteiger partial charge in [0, 0.05) is 11.5 Å². The van der Waals surface area contributed by atoms with Crippen LogP contribution in [-0.2, 0) is 4.79 Å². The molecule has 0 radical (unpaired) electrons. The van der Waals surface area contributed by atoms with Gasteiger partial charge >= 0.3 is 0 Å². The van der Waals surface area contributed by atoms with E-state index in [1.54, 1.807) is 0 Å². The molecule has 0 saturated heterocycles. The quantitative estimate of drug-likeness (QED) is 0.697. The summed E-state index contributed by atoms with van der Waals surface area (Å²) in [5.41, 5.74) is 0.0691. The zero-order valence-electron chi connectivity index (χ0n) is 9.02. The van der Waals surface area contributed by atoms with Gasteiger partial charge in [0.2, 0.25) is 5.91 Å². The summed E-state index contributed by atoms with van der Waals surface area (Å²) >= 11 is 0. The van der Waals surface area contributed by atoms with Gasteiger partial charge in [0.25, 0.3) is 0 Å². The Kier molecular flexibility index (Phi) is 3.34. The minimum Gasteiger partial charge on any atom is -0.350 e. The number of nitrogens with one attached hydrogen (secondary N) is 1. The Balaban J connectivity index is 2.49. The van der Waals surface area contributed by atoms with Crippen molar-refractivity contribution in [1.29, 1.82) is 0 Å². The van der Waals surface area contributed by atoms with Crippen LogP contribution in [0, 0.1) is 5.92 Å². The maximum atomic E-state index is 11.6. The van der Waals surface area contributed by atoms with Gasteiger partial charge in [0.15, 0.2) is 0 Å². The molecule has 1 saturated carbocycles. The molecule has 1 N–H and O–H groups in total. The van der Waals surface area contributed by atoms with Gasteiger partial charge in [-0.2, -0.15) is 0 Å². The van der Waals surface area contributed by atoms with Crippen molar-refractivity contribution in [1.82, 2.24) is 5.32 Å². The summed E-state index contributed by atoms with van der Waals surface area (Å²) in [6.07, 6.45) is 5.31. The molecule has 0 aromatic heterocycles. The number of carbonyl (C=O) groups is 1. The predicted molar refractivity (Wildman–Crippen MR) is 54.5 cm³/mol. The van der Waals surface area contributed by atoms with Crippen LogP contribution < -0.4 is 5.32 Å². The molecule has 0 aromatic carbocycles. The maximum absolute atomic E-state index is 11.6. The molecule has 0 heterocycles. The molecular formula is C11H21NO. The molecule has 0 atom stereocenters. The Bertz CT molecular complexity index is 172. The van der Waals surface area contributed by atoms with Gasteiger partial charge < -0.3 is 5.32 Å². The lowest BCUT2D eigenvalue weighted by atomic mass is 9.89. The Morgan fingerprint density at radius 2 is 1.69 bits per heavy atom. The molecule has 1 rings (SSSR count). The van der Waals surface area contributed by atoms with Gasteiger partial charge in [-0.05, 0) is 32.1 Å². The Hall–Kier alpha value is -0.530. The molecule has 2 nitrogen and oxygen atoms in total. The zero-order chi connectivity index (χ0) is 9.90. The van der Waals surface area contributed by atoms with Crippen molar-refractivity contribution in [3.05, 3.63) is 0 Å². The molecule has 2 heteroatoms. The largest absolute Gasteiger partial charge is 0.350 e. The molecule has 1 fully saturated rings. The smallest absolute Gasteiger partial charge is 0.223 e. The van der Waals surface area contributed by atoms with Crippen molar-refractivity contribution in [2.45, 2.75) is 58.4 Å². The van der Waals surface area contributed by atoms with Crippen molar-refractivity contribution in [3.8, 4) is 0 Å². The second-order valence-electron chi connectivity index (χ2n) is 4.10. The van der Waals surface area contributed by atoms with Crippen molar-refractivity contribution in [2.75, 3.05) is 0 Å². The van der Waals surface area contributed by atoms with E-state index in [0.717, 1.165) is 32.1 Å². The van der Waals surface area contributed by atoms with E-state index in [4.69, 9.17) is 0 Å². The monoisotopic (exact) mass is 183 g/mol. The molecule has 0 unspecified atom stereocenters. The van der Waals surface area contributed by atoms with E-state index in [9.17, 15) is 4.79 Å². The fraction of sp³-hybridized carbons (Fsp3) is 0.909. The number of hydrogen-bond acceptors (Lipinski definition) is 1. The van der Waals surface area contributed by atoms with Gasteiger partial charge in [-0.3, -0.25) is 4.79 Å². The molecule has 13 heavy (non-hydrogen) atoms. The van der Waals surface area contributed by atoms with E-state index in [-0.39, 0.29) is 11.4 Å². The van der Waals surface area contributed by atoms with Crippen LogP contribution in [0.2, 0.25) is 0 Å². The van der Waals surface area contributed by atoms with E-state index in [2.05, 4.69) is 26.1 Å². The highest BCUT2D eigenvalue weighted by atomic mass is 16.2. The molecule has 0 aliphatic heterocycles. The van der Waals surface area contributed by atoms with Crippen LogP contribution in [0.5, 0.6) is 0 Å². The number of rotatable bonds is 5. The van der Waals surface area contributed by atoms with Crippen molar-refractivity contribution in [3.63, 3.8) is 0 Å². The third-order valence-electron chi connectivity index (χ3n) is 3.37. The zero-order valence-corrected chi connectivity index (χ0v) is 9.02. The Morgan fingerprint density at radius 3 is 2.00 bits per heavy atom. The summed E-state index contributed by atoms with van der Waals surface area (Å²) in [7, 11) is 0. The summed E-state index contributed by atoms with van der Waals surface area (Å²) in [6.45, 7) is 6.46. The lowest BCUT2D eigenvalue weighted by Crippen LogP contribution is -2.47. The molecule has 1 amide bonds. The lowest BCUT2D eigenvalue weighted by Gasteiger charge is -2.31. The highest BCUT2D eigenvalue weighted by Crippen LogP contribution is 2.30. The van der Waals surface area contributed by atoms with Crippen LogP contribution in [0.3, 0.4) is 0 Å². The number of carbonyl (C=O) groups excluding carboxylic acids is 1. The second-order valence-corrected chi connectivity index (χ2v) is 4.10. The normalized spacial score (nSPS) is 17.2. The van der Waals surface area contributed by atoms with Crippen molar-refractivity contribution >= 4 is 5.91 Å². The average molecular weight is 183 g/mol. The molecule has 1 aliphatic rings. The van der Waals surface area contributed by atoms with Gasteiger partial charge in [-0.15, -0.1) is 0 Å². The van der Waals surface area contributed by atoms with Crippen LogP contribution in [-0.4, -0.2) is 11.4 Å².